The van der Waals surface area contributed by atoms with Crippen LogP contribution in [0.5, 0.6) is 0 Å². The Morgan fingerprint density at radius 2 is 2.29 bits per heavy atom. The molecule has 2 heterocycles. The molecule has 4 heteroatoms. The Bertz CT molecular complexity index is 499. The second-order valence-corrected chi connectivity index (χ2v) is 4.24. The smallest absolute Gasteiger partial charge is 0.159 e. The minimum atomic E-state index is 0.646. The van der Waals surface area contributed by atoms with E-state index in [-0.39, 0.29) is 0 Å². The summed E-state index contributed by atoms with van der Waals surface area (Å²) >= 11 is 5.86. The number of aromatic nitrogens is 3. The Balaban J connectivity index is 2.28. The van der Waals surface area contributed by atoms with Crippen molar-refractivity contribution in [3.63, 3.8) is 0 Å². The summed E-state index contributed by atoms with van der Waals surface area (Å²) < 4.78 is 2.07. The van der Waals surface area contributed by atoms with Crippen LogP contribution in [0, 0.1) is 0 Å². The fourth-order valence-electron chi connectivity index (χ4n) is 1.78. The van der Waals surface area contributed by atoms with Crippen LogP contribution in [0.1, 0.15) is 24.6 Å². The number of aryl methyl sites for hydroxylation is 1. The van der Waals surface area contributed by atoms with E-state index in [4.69, 9.17) is 11.6 Å². The van der Waals surface area contributed by atoms with Crippen LogP contribution in [0.3, 0.4) is 0 Å². The molecular weight excluding hydrogens is 198 g/mol. The van der Waals surface area contributed by atoms with Gasteiger partial charge in [0.2, 0.25) is 0 Å². The van der Waals surface area contributed by atoms with Crippen LogP contribution in [-0.4, -0.2) is 14.5 Å². The van der Waals surface area contributed by atoms with Gasteiger partial charge in [-0.15, -0.1) is 0 Å². The minimum Gasteiger partial charge on any atom is -0.316 e. The molecule has 14 heavy (non-hydrogen) atoms. The fraction of sp³-hybridized carbons (Fsp3) is 0.400. The number of rotatable bonds is 1. The van der Waals surface area contributed by atoms with E-state index < -0.39 is 0 Å². The molecule has 0 atom stereocenters. The highest BCUT2D eigenvalue weighted by molar-refractivity contribution is 6.31. The summed E-state index contributed by atoms with van der Waals surface area (Å²) in [7, 11) is 2.02. The summed E-state index contributed by atoms with van der Waals surface area (Å²) in [5.41, 5.74) is 1.83. The molecule has 0 bridgehead atoms. The van der Waals surface area contributed by atoms with Gasteiger partial charge >= 0.3 is 0 Å². The van der Waals surface area contributed by atoms with Gasteiger partial charge in [0.05, 0.1) is 5.02 Å². The summed E-state index contributed by atoms with van der Waals surface area (Å²) in [6, 6.07) is 1.87. The van der Waals surface area contributed by atoms with Gasteiger partial charge in [-0.2, -0.15) is 0 Å². The van der Waals surface area contributed by atoms with Gasteiger partial charge in [-0.25, -0.2) is 9.97 Å². The van der Waals surface area contributed by atoms with Crippen LogP contribution in [0.2, 0.25) is 5.02 Å². The molecule has 1 fully saturated rings. The lowest BCUT2D eigenvalue weighted by atomic mass is 10.4. The zero-order chi connectivity index (χ0) is 9.71. The number of hydrogen-bond acceptors (Lipinski definition) is 2. The molecule has 1 aliphatic rings. The van der Waals surface area contributed by atoms with Crippen LogP contribution in [0.15, 0.2) is 12.3 Å². The van der Waals surface area contributed by atoms with Gasteiger partial charge in [-0.1, -0.05) is 11.6 Å². The Hall–Kier alpha value is -1.09. The second-order valence-electron chi connectivity index (χ2n) is 3.80. The first-order valence-corrected chi connectivity index (χ1v) is 5.11. The lowest BCUT2D eigenvalue weighted by Crippen LogP contribution is -1.95. The number of hydrogen-bond donors (Lipinski definition) is 0. The lowest BCUT2D eigenvalue weighted by molar-refractivity contribution is 0.812. The molecule has 0 N–H and O–H groups in total. The molecule has 72 valence electrons. The van der Waals surface area contributed by atoms with E-state index in [0.29, 0.717) is 10.9 Å². The van der Waals surface area contributed by atoms with Crippen molar-refractivity contribution in [2.24, 2.45) is 7.05 Å². The quantitative estimate of drug-likeness (QED) is 0.720. The van der Waals surface area contributed by atoms with Crippen LogP contribution >= 0.6 is 11.6 Å². The highest BCUT2D eigenvalue weighted by Crippen LogP contribution is 2.40. The predicted molar refractivity (Wildman–Crippen MR) is 55.5 cm³/mol. The zero-order valence-electron chi connectivity index (χ0n) is 7.87. The van der Waals surface area contributed by atoms with Crippen LogP contribution in [0.25, 0.3) is 11.2 Å². The molecule has 0 unspecified atom stereocenters. The van der Waals surface area contributed by atoms with E-state index in [2.05, 4.69) is 14.5 Å². The SMILES string of the molecule is Cn1c(C2CC2)nc2cc(Cl)cnc21. The van der Waals surface area contributed by atoms with E-state index >= 15 is 0 Å². The lowest BCUT2D eigenvalue weighted by Gasteiger charge is -1.97. The molecule has 0 radical (unpaired) electrons. The molecule has 0 saturated heterocycles. The summed E-state index contributed by atoms with van der Waals surface area (Å²) in [6.07, 6.45) is 4.18. The van der Waals surface area contributed by atoms with Crippen molar-refractivity contribution in [3.05, 3.63) is 23.1 Å². The van der Waals surface area contributed by atoms with Crippen molar-refractivity contribution < 1.29 is 0 Å². The minimum absolute atomic E-state index is 0.646. The molecule has 0 aliphatic heterocycles. The van der Waals surface area contributed by atoms with Crippen molar-refractivity contribution in [2.75, 3.05) is 0 Å². The molecule has 3 nitrogen and oxygen atoms in total. The van der Waals surface area contributed by atoms with Gasteiger partial charge in [0.1, 0.15) is 11.3 Å². The molecular formula is C10H10ClN3. The summed E-state index contributed by atoms with van der Waals surface area (Å²) in [6.45, 7) is 0. The first-order valence-electron chi connectivity index (χ1n) is 4.73. The second kappa shape index (κ2) is 2.70. The topological polar surface area (TPSA) is 30.7 Å². The third-order valence-electron chi connectivity index (χ3n) is 2.65. The number of halogens is 1. The van der Waals surface area contributed by atoms with Crippen molar-refractivity contribution in [3.8, 4) is 0 Å². The highest BCUT2D eigenvalue weighted by atomic mass is 35.5. The highest BCUT2D eigenvalue weighted by Gasteiger charge is 2.28. The fourth-order valence-corrected chi connectivity index (χ4v) is 1.93. The van der Waals surface area contributed by atoms with E-state index in [9.17, 15) is 0 Å². The summed E-state index contributed by atoms with van der Waals surface area (Å²) in [4.78, 5) is 8.83. The van der Waals surface area contributed by atoms with Gasteiger partial charge in [-0.05, 0) is 18.9 Å². The predicted octanol–water partition coefficient (Wildman–Crippen LogP) is 2.50. The van der Waals surface area contributed by atoms with Crippen molar-refractivity contribution in [1.82, 2.24) is 14.5 Å². The Kier molecular flexibility index (Phi) is 1.59. The van der Waals surface area contributed by atoms with Crippen LogP contribution < -0.4 is 0 Å². The van der Waals surface area contributed by atoms with Gasteiger partial charge in [-0.3, -0.25) is 0 Å². The average Bonchev–Trinajstić information content (AvgIpc) is 2.93. The van der Waals surface area contributed by atoms with Gasteiger partial charge in [0.15, 0.2) is 5.65 Å². The van der Waals surface area contributed by atoms with Gasteiger partial charge in [0.25, 0.3) is 0 Å². The number of imidazole rings is 1. The average molecular weight is 208 g/mol. The van der Waals surface area contributed by atoms with E-state index in [1.165, 1.54) is 12.8 Å². The standard InChI is InChI=1S/C10H10ClN3/c1-14-9(6-2-3-6)13-8-4-7(11)5-12-10(8)14/h4-6H,2-3H2,1H3. The van der Waals surface area contributed by atoms with Crippen molar-refractivity contribution in [1.29, 1.82) is 0 Å². The molecule has 0 spiro atoms. The van der Waals surface area contributed by atoms with E-state index in [0.717, 1.165) is 17.0 Å². The van der Waals surface area contributed by atoms with Crippen LogP contribution in [-0.2, 0) is 7.05 Å². The number of nitrogens with zero attached hydrogens (tertiary/aromatic N) is 3. The maximum atomic E-state index is 5.86. The Labute approximate surface area is 86.7 Å². The maximum absolute atomic E-state index is 5.86. The third kappa shape index (κ3) is 1.12. The molecule has 2 aromatic rings. The largest absolute Gasteiger partial charge is 0.316 e. The van der Waals surface area contributed by atoms with E-state index in [1.807, 2.05) is 13.1 Å². The molecule has 0 amide bonds. The molecule has 1 saturated carbocycles. The van der Waals surface area contributed by atoms with E-state index in [1.54, 1.807) is 6.20 Å². The molecule has 2 aromatic heterocycles. The monoisotopic (exact) mass is 207 g/mol. The molecule has 0 aromatic carbocycles. The summed E-state index contributed by atoms with van der Waals surface area (Å²) in [5.74, 6) is 1.79. The van der Waals surface area contributed by atoms with Gasteiger partial charge in [0, 0.05) is 19.2 Å². The zero-order valence-corrected chi connectivity index (χ0v) is 8.62. The normalized spacial score (nSPS) is 16.4. The van der Waals surface area contributed by atoms with Gasteiger partial charge < -0.3 is 4.57 Å². The van der Waals surface area contributed by atoms with Crippen molar-refractivity contribution >= 4 is 22.8 Å². The van der Waals surface area contributed by atoms with Crippen LogP contribution in [0.4, 0.5) is 0 Å². The third-order valence-corrected chi connectivity index (χ3v) is 2.86. The first kappa shape index (κ1) is 8.24. The number of fused-ring (bicyclic) bond motifs is 1. The molecule has 1 aliphatic carbocycles. The number of pyridine rings is 1. The Morgan fingerprint density at radius 3 is 3.00 bits per heavy atom. The van der Waals surface area contributed by atoms with Crippen molar-refractivity contribution in [2.45, 2.75) is 18.8 Å². The Morgan fingerprint density at radius 1 is 1.50 bits per heavy atom. The molecule has 3 rings (SSSR count). The summed E-state index contributed by atoms with van der Waals surface area (Å²) in [5, 5.41) is 0.651. The first-order chi connectivity index (χ1) is 6.75. The maximum Gasteiger partial charge on any atom is 0.159 e.